The first kappa shape index (κ1) is 12.7. The molecule has 108 valence electrons. The molecular formula is C17H18N2O2. The fourth-order valence-corrected chi connectivity index (χ4v) is 3.09. The second-order valence-electron chi connectivity index (χ2n) is 5.88. The van der Waals surface area contributed by atoms with Gasteiger partial charge in [0.1, 0.15) is 12.8 Å². The zero-order chi connectivity index (χ0) is 14.3. The number of fused-ring (bicyclic) bond motifs is 3. The number of rotatable bonds is 3. The van der Waals surface area contributed by atoms with E-state index in [2.05, 4.69) is 24.4 Å². The van der Waals surface area contributed by atoms with Gasteiger partial charge in [-0.2, -0.15) is 0 Å². The molecule has 1 N–H and O–H groups in total. The van der Waals surface area contributed by atoms with Crippen LogP contribution in [-0.4, -0.2) is 17.8 Å². The first-order chi connectivity index (χ1) is 10.3. The third kappa shape index (κ3) is 2.07. The van der Waals surface area contributed by atoms with Gasteiger partial charge in [0.2, 0.25) is 5.88 Å². The molecule has 2 aliphatic heterocycles. The van der Waals surface area contributed by atoms with Crippen molar-refractivity contribution in [1.82, 2.24) is 4.98 Å². The quantitative estimate of drug-likeness (QED) is 0.939. The standard InChI is InChI=1S/C17H18N2O2/c1-17-9-10-20-16(17)18-13-7-8-14(19-15(13)17)21-11-12-5-3-2-4-6-12/h2-8,16,18H,9-11H2,1H3/t16-,17-/m0/s1. The molecule has 4 nitrogen and oxygen atoms in total. The van der Waals surface area contributed by atoms with Gasteiger partial charge in [-0.25, -0.2) is 4.98 Å². The van der Waals surface area contributed by atoms with Gasteiger partial charge in [0.25, 0.3) is 0 Å². The van der Waals surface area contributed by atoms with Crippen LogP contribution in [0.3, 0.4) is 0 Å². The van der Waals surface area contributed by atoms with E-state index in [9.17, 15) is 0 Å². The van der Waals surface area contributed by atoms with Crippen molar-refractivity contribution in [3.8, 4) is 5.88 Å². The average Bonchev–Trinajstić information content (AvgIpc) is 3.00. The van der Waals surface area contributed by atoms with E-state index in [1.54, 1.807) is 0 Å². The lowest BCUT2D eigenvalue weighted by Crippen LogP contribution is -2.31. The monoisotopic (exact) mass is 282 g/mol. The highest BCUT2D eigenvalue weighted by Crippen LogP contribution is 2.46. The van der Waals surface area contributed by atoms with Gasteiger partial charge >= 0.3 is 0 Å². The third-order valence-electron chi connectivity index (χ3n) is 4.41. The van der Waals surface area contributed by atoms with Crippen LogP contribution in [0.4, 0.5) is 5.69 Å². The van der Waals surface area contributed by atoms with E-state index in [0.29, 0.717) is 12.5 Å². The van der Waals surface area contributed by atoms with Crippen LogP contribution < -0.4 is 10.1 Å². The zero-order valence-corrected chi connectivity index (χ0v) is 12.0. The smallest absolute Gasteiger partial charge is 0.213 e. The Hall–Kier alpha value is -2.07. The molecule has 2 aromatic rings. The number of aromatic nitrogens is 1. The zero-order valence-electron chi connectivity index (χ0n) is 12.0. The normalized spacial score (nSPS) is 26.0. The molecule has 4 heteroatoms. The maximum atomic E-state index is 5.83. The van der Waals surface area contributed by atoms with Crippen molar-refractivity contribution in [3.05, 3.63) is 53.7 Å². The lowest BCUT2D eigenvalue weighted by Gasteiger charge is -2.21. The van der Waals surface area contributed by atoms with Gasteiger partial charge < -0.3 is 14.8 Å². The molecule has 1 saturated heterocycles. The summed E-state index contributed by atoms with van der Waals surface area (Å²) in [6.07, 6.45) is 1.04. The number of hydrogen-bond donors (Lipinski definition) is 1. The van der Waals surface area contributed by atoms with E-state index in [-0.39, 0.29) is 11.6 Å². The molecule has 0 unspecified atom stereocenters. The van der Waals surface area contributed by atoms with Crippen LogP contribution in [0, 0.1) is 0 Å². The van der Waals surface area contributed by atoms with E-state index in [1.807, 2.05) is 30.3 Å². The highest BCUT2D eigenvalue weighted by Gasteiger charge is 2.49. The summed E-state index contributed by atoms with van der Waals surface area (Å²) < 4.78 is 11.6. The molecule has 2 atom stereocenters. The second-order valence-corrected chi connectivity index (χ2v) is 5.88. The van der Waals surface area contributed by atoms with E-state index in [1.165, 1.54) is 0 Å². The number of ether oxygens (including phenoxy) is 2. The highest BCUT2D eigenvalue weighted by molar-refractivity contribution is 5.59. The van der Waals surface area contributed by atoms with Gasteiger partial charge in [0, 0.05) is 6.07 Å². The first-order valence-corrected chi connectivity index (χ1v) is 7.32. The number of pyridine rings is 1. The molecule has 1 aromatic heterocycles. The Labute approximate surface area is 124 Å². The summed E-state index contributed by atoms with van der Waals surface area (Å²) in [5.74, 6) is 0.674. The molecule has 0 spiro atoms. The fraction of sp³-hybridized carbons (Fsp3) is 0.353. The minimum absolute atomic E-state index is 0.0402. The summed E-state index contributed by atoms with van der Waals surface area (Å²) >= 11 is 0. The molecule has 1 fully saturated rings. The molecule has 2 aliphatic rings. The summed E-state index contributed by atoms with van der Waals surface area (Å²) in [5, 5.41) is 3.40. The summed E-state index contributed by atoms with van der Waals surface area (Å²) in [4.78, 5) is 4.72. The maximum absolute atomic E-state index is 5.83. The summed E-state index contributed by atoms with van der Waals surface area (Å²) in [7, 11) is 0. The molecular weight excluding hydrogens is 264 g/mol. The van der Waals surface area contributed by atoms with Crippen LogP contribution in [0.2, 0.25) is 0 Å². The molecule has 21 heavy (non-hydrogen) atoms. The van der Waals surface area contributed by atoms with E-state index in [4.69, 9.17) is 14.5 Å². The minimum atomic E-state index is -0.0402. The Morgan fingerprint density at radius 1 is 1.29 bits per heavy atom. The van der Waals surface area contributed by atoms with Crippen molar-refractivity contribution in [2.45, 2.75) is 31.6 Å². The molecule has 0 bridgehead atoms. The number of hydrogen-bond acceptors (Lipinski definition) is 4. The lowest BCUT2D eigenvalue weighted by atomic mass is 9.85. The van der Waals surface area contributed by atoms with E-state index in [0.717, 1.165) is 30.0 Å². The molecule has 1 aromatic carbocycles. The predicted molar refractivity (Wildman–Crippen MR) is 80.3 cm³/mol. The molecule has 0 amide bonds. The second kappa shape index (κ2) is 4.74. The number of benzene rings is 1. The van der Waals surface area contributed by atoms with Gasteiger partial charge in [0.05, 0.1) is 23.4 Å². The van der Waals surface area contributed by atoms with Crippen molar-refractivity contribution < 1.29 is 9.47 Å². The molecule has 0 saturated carbocycles. The predicted octanol–water partition coefficient (Wildman–Crippen LogP) is 3.09. The van der Waals surface area contributed by atoms with Gasteiger partial charge in [-0.15, -0.1) is 0 Å². The summed E-state index contributed by atoms with van der Waals surface area (Å²) in [6.45, 7) is 3.53. The minimum Gasteiger partial charge on any atom is -0.473 e. The van der Waals surface area contributed by atoms with Crippen LogP contribution in [0.25, 0.3) is 0 Å². The third-order valence-corrected chi connectivity index (χ3v) is 4.41. The number of nitrogens with zero attached hydrogens (tertiary/aromatic N) is 1. The van der Waals surface area contributed by atoms with Crippen LogP contribution in [-0.2, 0) is 16.8 Å². The number of anilines is 1. The molecule has 0 radical (unpaired) electrons. The van der Waals surface area contributed by atoms with Gasteiger partial charge in [-0.05, 0) is 25.0 Å². The highest BCUT2D eigenvalue weighted by atomic mass is 16.5. The van der Waals surface area contributed by atoms with Crippen molar-refractivity contribution in [1.29, 1.82) is 0 Å². The Bertz CT molecular complexity index is 659. The Balaban J connectivity index is 1.56. The summed E-state index contributed by atoms with van der Waals surface area (Å²) in [6, 6.07) is 14.1. The van der Waals surface area contributed by atoms with Crippen LogP contribution in [0.15, 0.2) is 42.5 Å². The largest absolute Gasteiger partial charge is 0.473 e. The van der Waals surface area contributed by atoms with Crippen LogP contribution in [0.5, 0.6) is 5.88 Å². The SMILES string of the molecule is C[C@@]12CCO[C@@H]1Nc1ccc(OCc3ccccc3)nc12. The summed E-state index contributed by atoms with van der Waals surface area (Å²) in [5.41, 5.74) is 3.23. The number of nitrogens with one attached hydrogen (secondary N) is 1. The van der Waals surface area contributed by atoms with Gasteiger partial charge in [-0.3, -0.25) is 0 Å². The van der Waals surface area contributed by atoms with Crippen molar-refractivity contribution in [2.75, 3.05) is 11.9 Å². The van der Waals surface area contributed by atoms with Gasteiger partial charge in [0.15, 0.2) is 0 Å². The average molecular weight is 282 g/mol. The molecule has 0 aliphatic carbocycles. The maximum Gasteiger partial charge on any atom is 0.213 e. The molecule has 4 rings (SSSR count). The first-order valence-electron chi connectivity index (χ1n) is 7.32. The van der Waals surface area contributed by atoms with Crippen LogP contribution in [0.1, 0.15) is 24.6 Å². The Morgan fingerprint density at radius 2 is 2.14 bits per heavy atom. The van der Waals surface area contributed by atoms with E-state index < -0.39 is 0 Å². The van der Waals surface area contributed by atoms with Gasteiger partial charge in [-0.1, -0.05) is 30.3 Å². The molecule has 3 heterocycles. The van der Waals surface area contributed by atoms with Crippen molar-refractivity contribution in [2.24, 2.45) is 0 Å². The fourth-order valence-electron chi connectivity index (χ4n) is 3.09. The Kier molecular flexibility index (Phi) is 2.86. The van der Waals surface area contributed by atoms with Crippen LogP contribution >= 0.6 is 0 Å². The topological polar surface area (TPSA) is 43.4 Å². The lowest BCUT2D eigenvalue weighted by molar-refractivity contribution is 0.111. The van der Waals surface area contributed by atoms with Crippen molar-refractivity contribution >= 4 is 5.69 Å². The Morgan fingerprint density at radius 3 is 3.00 bits per heavy atom. The van der Waals surface area contributed by atoms with E-state index >= 15 is 0 Å². The van der Waals surface area contributed by atoms with Crippen molar-refractivity contribution in [3.63, 3.8) is 0 Å².